The molecule has 0 saturated carbocycles. The first-order valence-corrected chi connectivity index (χ1v) is 7.18. The Hall–Kier alpha value is -0.120. The largest absolute Gasteiger partial charge is 0.378 e. The first kappa shape index (κ1) is 13.3. The Balaban J connectivity index is 1.96. The standard InChI is InChI=1S/C14H28N2O/c1-10(2)14-9-16(11(3)8-15-14)13-5-6-17-12(4)7-13/h10-15H,5-9H2,1-4H3. The summed E-state index contributed by atoms with van der Waals surface area (Å²) in [6, 6.07) is 2.06. The Kier molecular flexibility index (Phi) is 4.45. The highest BCUT2D eigenvalue weighted by Gasteiger charge is 2.33. The Morgan fingerprint density at radius 3 is 2.71 bits per heavy atom. The highest BCUT2D eigenvalue weighted by molar-refractivity contribution is 4.90. The maximum absolute atomic E-state index is 5.67. The fourth-order valence-electron chi connectivity index (χ4n) is 3.14. The van der Waals surface area contributed by atoms with E-state index in [0.717, 1.165) is 25.1 Å². The van der Waals surface area contributed by atoms with Crippen molar-refractivity contribution in [3.63, 3.8) is 0 Å². The van der Waals surface area contributed by atoms with Crippen molar-refractivity contribution in [2.75, 3.05) is 19.7 Å². The molecule has 2 heterocycles. The van der Waals surface area contributed by atoms with Gasteiger partial charge >= 0.3 is 0 Å². The number of hydrogen-bond donors (Lipinski definition) is 1. The third kappa shape index (κ3) is 3.21. The first-order chi connectivity index (χ1) is 8.08. The molecule has 0 spiro atoms. The lowest BCUT2D eigenvalue weighted by atomic mass is 9.94. The molecule has 4 unspecified atom stereocenters. The smallest absolute Gasteiger partial charge is 0.0561 e. The summed E-state index contributed by atoms with van der Waals surface area (Å²) in [6.45, 7) is 12.5. The van der Waals surface area contributed by atoms with E-state index in [4.69, 9.17) is 4.74 Å². The van der Waals surface area contributed by atoms with Gasteiger partial charge in [-0.3, -0.25) is 4.90 Å². The van der Waals surface area contributed by atoms with E-state index >= 15 is 0 Å². The van der Waals surface area contributed by atoms with Crippen LogP contribution in [0.1, 0.15) is 40.5 Å². The van der Waals surface area contributed by atoms with Gasteiger partial charge in [0, 0.05) is 37.8 Å². The maximum atomic E-state index is 5.67. The van der Waals surface area contributed by atoms with E-state index in [-0.39, 0.29) is 0 Å². The van der Waals surface area contributed by atoms with E-state index in [0.29, 0.717) is 18.2 Å². The van der Waals surface area contributed by atoms with Gasteiger partial charge in [-0.25, -0.2) is 0 Å². The summed E-state index contributed by atoms with van der Waals surface area (Å²) in [5.74, 6) is 0.724. The first-order valence-electron chi connectivity index (χ1n) is 7.18. The summed E-state index contributed by atoms with van der Waals surface area (Å²) in [5.41, 5.74) is 0. The molecular weight excluding hydrogens is 212 g/mol. The van der Waals surface area contributed by atoms with Crippen LogP contribution in [0.3, 0.4) is 0 Å². The highest BCUT2D eigenvalue weighted by atomic mass is 16.5. The van der Waals surface area contributed by atoms with Gasteiger partial charge in [0.25, 0.3) is 0 Å². The molecule has 0 aromatic heterocycles. The minimum Gasteiger partial charge on any atom is -0.378 e. The molecule has 4 atom stereocenters. The van der Waals surface area contributed by atoms with Gasteiger partial charge < -0.3 is 10.1 Å². The molecule has 17 heavy (non-hydrogen) atoms. The van der Waals surface area contributed by atoms with Crippen molar-refractivity contribution >= 4 is 0 Å². The van der Waals surface area contributed by atoms with E-state index in [1.807, 2.05) is 0 Å². The number of hydrogen-bond acceptors (Lipinski definition) is 3. The third-order valence-corrected chi connectivity index (χ3v) is 4.38. The van der Waals surface area contributed by atoms with Crippen LogP contribution < -0.4 is 5.32 Å². The predicted octanol–water partition coefficient (Wildman–Crippen LogP) is 1.87. The van der Waals surface area contributed by atoms with Gasteiger partial charge in [0.2, 0.25) is 0 Å². The van der Waals surface area contributed by atoms with Crippen molar-refractivity contribution in [1.82, 2.24) is 10.2 Å². The lowest BCUT2D eigenvalue weighted by molar-refractivity contribution is -0.0373. The van der Waals surface area contributed by atoms with E-state index in [9.17, 15) is 0 Å². The molecule has 0 bridgehead atoms. The fourth-order valence-corrected chi connectivity index (χ4v) is 3.14. The Morgan fingerprint density at radius 1 is 1.29 bits per heavy atom. The Morgan fingerprint density at radius 2 is 2.06 bits per heavy atom. The molecule has 3 nitrogen and oxygen atoms in total. The number of nitrogens with one attached hydrogen (secondary N) is 1. The molecule has 0 amide bonds. The average molecular weight is 240 g/mol. The molecule has 2 aliphatic heterocycles. The van der Waals surface area contributed by atoms with Crippen LogP contribution in [0.5, 0.6) is 0 Å². The molecule has 0 aromatic rings. The monoisotopic (exact) mass is 240 g/mol. The summed E-state index contributed by atoms with van der Waals surface area (Å²) in [6.07, 6.45) is 2.85. The summed E-state index contributed by atoms with van der Waals surface area (Å²) >= 11 is 0. The van der Waals surface area contributed by atoms with Gasteiger partial charge in [0.15, 0.2) is 0 Å². The summed E-state index contributed by atoms with van der Waals surface area (Å²) in [4.78, 5) is 2.72. The second-order valence-corrected chi connectivity index (χ2v) is 6.16. The normalized spacial score (nSPS) is 40.8. The van der Waals surface area contributed by atoms with Gasteiger partial charge in [-0.05, 0) is 32.6 Å². The van der Waals surface area contributed by atoms with E-state index in [2.05, 4.69) is 37.9 Å². The molecule has 100 valence electrons. The second-order valence-electron chi connectivity index (χ2n) is 6.16. The van der Waals surface area contributed by atoms with Crippen molar-refractivity contribution in [1.29, 1.82) is 0 Å². The molecule has 3 heteroatoms. The number of piperazine rings is 1. The molecule has 0 aromatic carbocycles. The third-order valence-electron chi connectivity index (χ3n) is 4.38. The maximum Gasteiger partial charge on any atom is 0.0561 e. The van der Waals surface area contributed by atoms with E-state index < -0.39 is 0 Å². The number of ether oxygens (including phenoxy) is 1. The quantitative estimate of drug-likeness (QED) is 0.797. The van der Waals surface area contributed by atoms with Crippen LogP contribution in [0.4, 0.5) is 0 Å². The van der Waals surface area contributed by atoms with Crippen molar-refractivity contribution in [3.8, 4) is 0 Å². The molecule has 0 aliphatic carbocycles. The lowest BCUT2D eigenvalue weighted by Crippen LogP contribution is -2.60. The van der Waals surface area contributed by atoms with Crippen LogP contribution in [0.2, 0.25) is 0 Å². The number of nitrogens with zero attached hydrogens (tertiary/aromatic N) is 1. The lowest BCUT2D eigenvalue weighted by Gasteiger charge is -2.46. The van der Waals surface area contributed by atoms with Crippen molar-refractivity contribution in [3.05, 3.63) is 0 Å². The van der Waals surface area contributed by atoms with Crippen molar-refractivity contribution < 1.29 is 4.74 Å². The molecule has 2 saturated heterocycles. The van der Waals surface area contributed by atoms with Crippen LogP contribution >= 0.6 is 0 Å². The molecule has 2 rings (SSSR count). The van der Waals surface area contributed by atoms with Gasteiger partial charge in [0.05, 0.1) is 6.10 Å². The SMILES string of the molecule is CC1CC(N2CC(C(C)C)NCC2C)CCO1. The molecular formula is C14H28N2O. The molecule has 2 fully saturated rings. The van der Waals surface area contributed by atoms with E-state index in [1.54, 1.807) is 0 Å². The minimum absolute atomic E-state index is 0.438. The Labute approximate surface area is 106 Å². The fraction of sp³-hybridized carbons (Fsp3) is 1.00. The van der Waals surface area contributed by atoms with Gasteiger partial charge in [-0.15, -0.1) is 0 Å². The zero-order valence-corrected chi connectivity index (χ0v) is 11.8. The van der Waals surface area contributed by atoms with Crippen LogP contribution in [0, 0.1) is 5.92 Å². The molecule has 1 N–H and O–H groups in total. The summed E-state index contributed by atoms with van der Waals surface area (Å²) in [7, 11) is 0. The zero-order valence-electron chi connectivity index (χ0n) is 11.8. The zero-order chi connectivity index (χ0) is 12.4. The van der Waals surface area contributed by atoms with E-state index in [1.165, 1.54) is 19.4 Å². The number of rotatable bonds is 2. The van der Waals surface area contributed by atoms with Crippen LogP contribution in [0.15, 0.2) is 0 Å². The second kappa shape index (κ2) is 5.68. The summed E-state index contributed by atoms with van der Waals surface area (Å²) < 4.78 is 5.67. The van der Waals surface area contributed by atoms with Crippen LogP contribution in [0.25, 0.3) is 0 Å². The predicted molar refractivity (Wildman–Crippen MR) is 71.2 cm³/mol. The van der Waals surface area contributed by atoms with Crippen molar-refractivity contribution in [2.45, 2.75) is 64.8 Å². The minimum atomic E-state index is 0.438. The Bertz CT molecular complexity index is 244. The highest BCUT2D eigenvalue weighted by Crippen LogP contribution is 2.24. The van der Waals surface area contributed by atoms with Crippen LogP contribution in [-0.2, 0) is 4.74 Å². The topological polar surface area (TPSA) is 24.5 Å². The molecule has 2 aliphatic rings. The van der Waals surface area contributed by atoms with Crippen molar-refractivity contribution in [2.24, 2.45) is 5.92 Å². The summed E-state index contributed by atoms with van der Waals surface area (Å²) in [5, 5.41) is 3.68. The van der Waals surface area contributed by atoms with Crippen LogP contribution in [-0.4, -0.2) is 48.8 Å². The van der Waals surface area contributed by atoms with Gasteiger partial charge in [0.1, 0.15) is 0 Å². The van der Waals surface area contributed by atoms with Gasteiger partial charge in [-0.1, -0.05) is 13.8 Å². The molecule has 0 radical (unpaired) electrons. The average Bonchev–Trinajstić information content (AvgIpc) is 2.29. The van der Waals surface area contributed by atoms with Gasteiger partial charge in [-0.2, -0.15) is 0 Å².